The number of benzene rings is 2. The van der Waals surface area contributed by atoms with Crippen LogP contribution < -0.4 is 0 Å². The van der Waals surface area contributed by atoms with Crippen LogP contribution in [0.4, 0.5) is 0 Å². The molecule has 0 saturated carbocycles. The molecule has 0 aliphatic carbocycles. The second-order valence-electron chi connectivity index (χ2n) is 5.17. The lowest BCUT2D eigenvalue weighted by Crippen LogP contribution is -2.12. The van der Waals surface area contributed by atoms with Crippen LogP contribution in [0.15, 0.2) is 42.5 Å². The lowest BCUT2D eigenvalue weighted by atomic mass is 10.0. The van der Waals surface area contributed by atoms with E-state index < -0.39 is 0 Å². The molecular formula is C19H26O4. The molecule has 0 amide bonds. The van der Waals surface area contributed by atoms with Crippen molar-refractivity contribution in [3.63, 3.8) is 0 Å². The van der Waals surface area contributed by atoms with E-state index >= 15 is 0 Å². The van der Waals surface area contributed by atoms with E-state index in [9.17, 15) is 0 Å². The summed E-state index contributed by atoms with van der Waals surface area (Å²) in [7, 11) is 1.66. The number of rotatable bonds is 11. The topological polar surface area (TPSA) is 36.9 Å². The van der Waals surface area contributed by atoms with Gasteiger partial charge in [-0.2, -0.15) is 0 Å². The van der Waals surface area contributed by atoms with Crippen molar-refractivity contribution in [2.45, 2.75) is 19.6 Å². The first-order chi connectivity index (χ1) is 11.4. The largest absolute Gasteiger partial charge is 0.382 e. The molecule has 0 N–H and O–H groups in total. The monoisotopic (exact) mass is 318 g/mol. The normalized spacial score (nSPS) is 12.6. The van der Waals surface area contributed by atoms with Gasteiger partial charge in [0.2, 0.25) is 0 Å². The number of hydrogen-bond acceptors (Lipinski definition) is 4. The Bertz CT molecular complexity index is 565. The minimum atomic E-state index is -0.381. The fourth-order valence-electron chi connectivity index (χ4n) is 2.46. The summed E-state index contributed by atoms with van der Waals surface area (Å²) in [6.07, 6.45) is 0.526. The van der Waals surface area contributed by atoms with Crippen LogP contribution in [0.2, 0.25) is 0 Å². The molecule has 2 rings (SSSR count). The van der Waals surface area contributed by atoms with Gasteiger partial charge in [0.15, 0.2) is 6.29 Å². The van der Waals surface area contributed by atoms with Gasteiger partial charge in [0.1, 0.15) is 0 Å². The van der Waals surface area contributed by atoms with Crippen molar-refractivity contribution in [3.05, 3.63) is 48.0 Å². The molecule has 2 aromatic rings. The van der Waals surface area contributed by atoms with Gasteiger partial charge >= 0.3 is 0 Å². The summed E-state index contributed by atoms with van der Waals surface area (Å²) in [6.45, 7) is 5.23. The van der Waals surface area contributed by atoms with E-state index in [1.807, 2.05) is 31.2 Å². The van der Waals surface area contributed by atoms with E-state index in [2.05, 4.69) is 18.2 Å². The molecule has 1 unspecified atom stereocenters. The summed E-state index contributed by atoms with van der Waals surface area (Å²) in [5, 5.41) is 2.34. The molecule has 23 heavy (non-hydrogen) atoms. The Hall–Kier alpha value is -1.46. The minimum absolute atomic E-state index is 0.381. The maximum absolute atomic E-state index is 5.83. The van der Waals surface area contributed by atoms with Crippen LogP contribution in [-0.4, -0.2) is 40.1 Å². The zero-order valence-electron chi connectivity index (χ0n) is 14.0. The van der Waals surface area contributed by atoms with Crippen molar-refractivity contribution in [1.29, 1.82) is 0 Å². The van der Waals surface area contributed by atoms with E-state index in [4.69, 9.17) is 18.9 Å². The van der Waals surface area contributed by atoms with E-state index in [0.29, 0.717) is 19.8 Å². The summed E-state index contributed by atoms with van der Waals surface area (Å²) in [5.41, 5.74) is 1.04. The van der Waals surface area contributed by atoms with Crippen molar-refractivity contribution in [3.8, 4) is 0 Å². The number of hydrogen-bond donors (Lipinski definition) is 0. The minimum Gasteiger partial charge on any atom is -0.382 e. The first kappa shape index (κ1) is 17.9. The Labute approximate surface area is 138 Å². The summed E-state index contributed by atoms with van der Waals surface area (Å²) in [4.78, 5) is 0. The van der Waals surface area contributed by atoms with Crippen LogP contribution in [0.5, 0.6) is 0 Å². The molecule has 0 bridgehead atoms. The van der Waals surface area contributed by atoms with Crippen LogP contribution in [0.3, 0.4) is 0 Å². The highest BCUT2D eigenvalue weighted by molar-refractivity contribution is 5.85. The summed E-state index contributed by atoms with van der Waals surface area (Å²) in [5.74, 6) is 0. The van der Waals surface area contributed by atoms with E-state index in [-0.39, 0.29) is 6.29 Å². The first-order valence-electron chi connectivity index (χ1n) is 8.14. The Balaban J connectivity index is 1.81. The summed E-state index contributed by atoms with van der Waals surface area (Å²) < 4.78 is 22.1. The molecule has 0 spiro atoms. The predicted octanol–water partition coefficient (Wildman–Crippen LogP) is 3.94. The van der Waals surface area contributed by atoms with E-state index in [0.717, 1.165) is 30.6 Å². The molecule has 0 heterocycles. The zero-order valence-corrected chi connectivity index (χ0v) is 14.0. The van der Waals surface area contributed by atoms with Gasteiger partial charge in [0, 0.05) is 32.5 Å². The standard InChI is InChI=1S/C19H26O4/c1-3-21-12-7-13-22-14-15-23-19(20-2)18-11-6-9-16-8-4-5-10-17(16)18/h4-6,8-11,19H,3,7,12-15H2,1-2H3. The predicted molar refractivity (Wildman–Crippen MR) is 91.6 cm³/mol. The molecular weight excluding hydrogens is 292 g/mol. The zero-order chi connectivity index (χ0) is 16.3. The molecule has 0 aromatic heterocycles. The highest BCUT2D eigenvalue weighted by Crippen LogP contribution is 2.26. The third-order valence-electron chi connectivity index (χ3n) is 3.57. The van der Waals surface area contributed by atoms with Crippen molar-refractivity contribution < 1.29 is 18.9 Å². The van der Waals surface area contributed by atoms with Crippen LogP contribution in [-0.2, 0) is 18.9 Å². The van der Waals surface area contributed by atoms with E-state index in [1.54, 1.807) is 7.11 Å². The average molecular weight is 318 g/mol. The Kier molecular flexibility index (Phi) is 8.04. The first-order valence-corrected chi connectivity index (χ1v) is 8.14. The maximum Gasteiger partial charge on any atom is 0.184 e. The van der Waals surface area contributed by atoms with Gasteiger partial charge in [0.05, 0.1) is 13.2 Å². The molecule has 0 saturated heterocycles. The fourth-order valence-corrected chi connectivity index (χ4v) is 2.46. The van der Waals surface area contributed by atoms with Crippen molar-refractivity contribution in [2.24, 2.45) is 0 Å². The number of ether oxygens (including phenoxy) is 4. The molecule has 4 heteroatoms. The Morgan fingerprint density at radius 2 is 1.65 bits per heavy atom. The second kappa shape index (κ2) is 10.3. The van der Waals surface area contributed by atoms with Crippen molar-refractivity contribution in [1.82, 2.24) is 0 Å². The SMILES string of the molecule is CCOCCCOCCOC(OC)c1cccc2ccccc12. The van der Waals surface area contributed by atoms with Crippen LogP contribution in [0.1, 0.15) is 25.2 Å². The Morgan fingerprint density at radius 3 is 2.48 bits per heavy atom. The van der Waals surface area contributed by atoms with Gasteiger partial charge in [-0.1, -0.05) is 42.5 Å². The molecule has 1 atom stereocenters. The van der Waals surface area contributed by atoms with Gasteiger partial charge in [-0.25, -0.2) is 0 Å². The number of fused-ring (bicyclic) bond motifs is 1. The quantitative estimate of drug-likeness (QED) is 0.464. The number of methoxy groups -OCH3 is 1. The molecule has 0 aliphatic heterocycles. The second-order valence-corrected chi connectivity index (χ2v) is 5.17. The molecule has 126 valence electrons. The molecule has 0 radical (unpaired) electrons. The third kappa shape index (κ3) is 5.59. The summed E-state index contributed by atoms with van der Waals surface area (Å²) >= 11 is 0. The van der Waals surface area contributed by atoms with Gasteiger partial charge < -0.3 is 18.9 Å². The van der Waals surface area contributed by atoms with Crippen LogP contribution in [0, 0.1) is 0 Å². The molecule has 0 fully saturated rings. The third-order valence-corrected chi connectivity index (χ3v) is 3.57. The maximum atomic E-state index is 5.83. The average Bonchev–Trinajstić information content (AvgIpc) is 2.60. The van der Waals surface area contributed by atoms with Gasteiger partial charge in [0.25, 0.3) is 0 Å². The van der Waals surface area contributed by atoms with Crippen LogP contribution >= 0.6 is 0 Å². The lowest BCUT2D eigenvalue weighted by molar-refractivity contribution is -0.137. The summed E-state index contributed by atoms with van der Waals surface area (Å²) in [6, 6.07) is 14.4. The van der Waals surface area contributed by atoms with Crippen molar-refractivity contribution in [2.75, 3.05) is 40.1 Å². The van der Waals surface area contributed by atoms with Gasteiger partial charge in [-0.3, -0.25) is 0 Å². The Morgan fingerprint density at radius 1 is 0.870 bits per heavy atom. The molecule has 2 aromatic carbocycles. The fraction of sp³-hybridized carbons (Fsp3) is 0.474. The van der Waals surface area contributed by atoms with Gasteiger partial charge in [-0.15, -0.1) is 0 Å². The molecule has 0 aliphatic rings. The smallest absolute Gasteiger partial charge is 0.184 e. The van der Waals surface area contributed by atoms with Gasteiger partial charge in [-0.05, 0) is 24.1 Å². The van der Waals surface area contributed by atoms with Crippen LogP contribution in [0.25, 0.3) is 10.8 Å². The highest BCUT2D eigenvalue weighted by Gasteiger charge is 2.13. The van der Waals surface area contributed by atoms with Crippen molar-refractivity contribution >= 4 is 10.8 Å². The molecule has 4 nitrogen and oxygen atoms in total. The lowest BCUT2D eigenvalue weighted by Gasteiger charge is -2.18. The van der Waals surface area contributed by atoms with E-state index in [1.165, 1.54) is 5.39 Å². The highest BCUT2D eigenvalue weighted by atomic mass is 16.7.